The van der Waals surface area contributed by atoms with E-state index >= 15 is 0 Å². The molecule has 0 heterocycles. The number of allylic oxidation sites excluding steroid dienone is 1. The molecule has 0 aliphatic rings. The zero-order valence-corrected chi connectivity index (χ0v) is 20.5. The van der Waals surface area contributed by atoms with E-state index in [2.05, 4.69) is 34.6 Å². The maximum atomic E-state index is 6.00. The third-order valence-corrected chi connectivity index (χ3v) is 4.06. The Morgan fingerprint density at radius 1 is 0.897 bits per heavy atom. The van der Waals surface area contributed by atoms with Crippen LogP contribution in [0, 0.1) is 11.3 Å². The first-order valence-corrected chi connectivity index (χ1v) is 11.4. The molecule has 6 nitrogen and oxygen atoms in total. The average Bonchev–Trinajstić information content (AvgIpc) is 2.64. The molecule has 0 spiro atoms. The minimum absolute atomic E-state index is 0.319. The van der Waals surface area contributed by atoms with Crippen molar-refractivity contribution in [3.8, 4) is 0 Å². The van der Waals surface area contributed by atoms with Crippen LogP contribution in [0.1, 0.15) is 80.6 Å². The summed E-state index contributed by atoms with van der Waals surface area (Å²) in [5.41, 5.74) is 7.15. The summed E-state index contributed by atoms with van der Waals surface area (Å²) in [5.74, 6) is 6.67. The van der Waals surface area contributed by atoms with Crippen molar-refractivity contribution < 1.29 is 14.2 Å². The second-order valence-corrected chi connectivity index (χ2v) is 8.73. The summed E-state index contributed by atoms with van der Waals surface area (Å²) in [5, 5.41) is 1.60. The van der Waals surface area contributed by atoms with Gasteiger partial charge in [-0.1, -0.05) is 61.3 Å². The van der Waals surface area contributed by atoms with Gasteiger partial charge in [0.2, 0.25) is 0 Å². The highest BCUT2D eigenvalue weighted by Gasteiger charge is 2.08. The molecule has 0 unspecified atom stereocenters. The maximum Gasteiger partial charge on any atom is 0.0701 e. The second-order valence-electron chi connectivity index (χ2n) is 8.73. The highest BCUT2D eigenvalue weighted by molar-refractivity contribution is 4.94. The summed E-state index contributed by atoms with van der Waals surface area (Å²) in [4.78, 5) is 0. The van der Waals surface area contributed by atoms with Gasteiger partial charge < -0.3 is 25.0 Å². The van der Waals surface area contributed by atoms with Crippen molar-refractivity contribution in [1.82, 2.24) is 5.01 Å². The molecule has 29 heavy (non-hydrogen) atoms. The average molecular weight is 418 g/mol. The van der Waals surface area contributed by atoms with Crippen LogP contribution in [0.2, 0.25) is 0 Å². The number of nitrogens with zero attached hydrogens (tertiary/aromatic N) is 1. The lowest BCUT2D eigenvalue weighted by Crippen LogP contribution is -2.30. The molecule has 176 valence electrons. The minimum atomic E-state index is 0.319. The molecule has 0 aromatic carbocycles. The Hall–Kier alpha value is -0.820. The highest BCUT2D eigenvalue weighted by Crippen LogP contribution is 2.17. The summed E-state index contributed by atoms with van der Waals surface area (Å²) in [6.45, 7) is 19.4. The van der Waals surface area contributed by atoms with E-state index in [1.54, 1.807) is 5.01 Å². The van der Waals surface area contributed by atoms with E-state index in [0.717, 1.165) is 37.5 Å². The Bertz CT molecular complexity index is 369. The van der Waals surface area contributed by atoms with Gasteiger partial charge >= 0.3 is 0 Å². The van der Waals surface area contributed by atoms with Gasteiger partial charge in [0.05, 0.1) is 39.6 Å². The molecule has 0 amide bonds. The molecule has 0 atom stereocenters. The third kappa shape index (κ3) is 27.2. The van der Waals surface area contributed by atoms with E-state index < -0.39 is 0 Å². The van der Waals surface area contributed by atoms with Crippen LogP contribution in [0.15, 0.2) is 11.9 Å². The molecule has 0 saturated heterocycles. The lowest BCUT2D eigenvalue weighted by atomic mass is 9.93. The maximum absolute atomic E-state index is 6.00. The van der Waals surface area contributed by atoms with Gasteiger partial charge in [0.15, 0.2) is 0 Å². The topological polar surface area (TPSA) is 83.0 Å². The summed E-state index contributed by atoms with van der Waals surface area (Å²) >= 11 is 0. The van der Waals surface area contributed by atoms with E-state index in [9.17, 15) is 0 Å². The molecule has 0 saturated carbocycles. The van der Waals surface area contributed by atoms with Crippen molar-refractivity contribution in [1.29, 1.82) is 0 Å². The van der Waals surface area contributed by atoms with Gasteiger partial charge in [-0.2, -0.15) is 0 Å². The monoisotopic (exact) mass is 417 g/mol. The van der Waals surface area contributed by atoms with Crippen LogP contribution < -0.4 is 11.6 Å². The van der Waals surface area contributed by atoms with Gasteiger partial charge in [0, 0.05) is 18.5 Å². The van der Waals surface area contributed by atoms with E-state index in [1.165, 1.54) is 12.8 Å². The third-order valence-electron chi connectivity index (χ3n) is 4.06. The normalized spacial score (nSPS) is 12.1. The Kier molecular flexibility index (Phi) is 21.4. The first kappa shape index (κ1) is 30.4. The predicted octanol–water partition coefficient (Wildman–Crippen LogP) is 4.69. The van der Waals surface area contributed by atoms with Gasteiger partial charge in [-0.05, 0) is 30.6 Å². The first-order chi connectivity index (χ1) is 13.7. The van der Waals surface area contributed by atoms with Crippen LogP contribution >= 0.6 is 0 Å². The number of hydrogen-bond donors (Lipinski definition) is 2. The SMILES string of the molecule is CC.CC(C)CCCC/C(N)=C/N(N)CCOCCOCCOCCC(C)(C)C. The standard InChI is InChI=1S/C21H45N3O3.C2H6/c1-19(2)8-6-7-9-20(22)18-24(23)11-13-26-15-17-27-16-14-25-12-10-21(3,4)5;1-2/h18-19H,6-17,22-23H2,1-5H3;1-2H3/b20-18-;. The molecule has 0 fully saturated rings. The van der Waals surface area contributed by atoms with Gasteiger partial charge in [0.25, 0.3) is 0 Å². The Balaban J connectivity index is 0. The molecule has 0 aliphatic heterocycles. The smallest absolute Gasteiger partial charge is 0.0701 e. The number of ether oxygens (including phenoxy) is 3. The van der Waals surface area contributed by atoms with E-state index in [4.69, 9.17) is 25.8 Å². The molecular weight excluding hydrogens is 366 g/mol. The Labute approximate surface area is 181 Å². The fourth-order valence-electron chi connectivity index (χ4n) is 2.31. The molecule has 0 aromatic heterocycles. The largest absolute Gasteiger partial charge is 0.401 e. The number of rotatable bonds is 17. The fourth-order valence-corrected chi connectivity index (χ4v) is 2.31. The Morgan fingerprint density at radius 3 is 1.93 bits per heavy atom. The van der Waals surface area contributed by atoms with Crippen molar-refractivity contribution >= 4 is 0 Å². The Morgan fingerprint density at radius 2 is 1.41 bits per heavy atom. The summed E-state index contributed by atoms with van der Waals surface area (Å²) in [6.07, 6.45) is 7.34. The van der Waals surface area contributed by atoms with Gasteiger partial charge in [0.1, 0.15) is 0 Å². The molecule has 6 heteroatoms. The molecule has 0 bridgehead atoms. The molecule has 0 radical (unpaired) electrons. The molecular formula is C23H51N3O3. The van der Waals surface area contributed by atoms with Gasteiger partial charge in [-0.15, -0.1) is 0 Å². The number of hydrogen-bond acceptors (Lipinski definition) is 6. The summed E-state index contributed by atoms with van der Waals surface area (Å²) < 4.78 is 16.6. The van der Waals surface area contributed by atoms with Crippen LogP contribution in [-0.4, -0.2) is 51.2 Å². The van der Waals surface area contributed by atoms with Crippen molar-refractivity contribution in [2.45, 2.75) is 80.6 Å². The fraction of sp³-hybridized carbons (Fsp3) is 0.913. The van der Waals surface area contributed by atoms with E-state index in [0.29, 0.717) is 45.0 Å². The molecule has 4 N–H and O–H groups in total. The molecule has 0 aromatic rings. The lowest BCUT2D eigenvalue weighted by molar-refractivity contribution is 0.00838. The van der Waals surface area contributed by atoms with E-state index in [-0.39, 0.29) is 0 Å². The quantitative estimate of drug-likeness (QED) is 0.203. The predicted molar refractivity (Wildman–Crippen MR) is 124 cm³/mol. The highest BCUT2D eigenvalue weighted by atomic mass is 16.5. The molecule has 0 rings (SSSR count). The van der Waals surface area contributed by atoms with Crippen molar-refractivity contribution in [2.24, 2.45) is 22.9 Å². The van der Waals surface area contributed by atoms with Crippen LogP contribution in [-0.2, 0) is 14.2 Å². The minimum Gasteiger partial charge on any atom is -0.401 e. The van der Waals surface area contributed by atoms with Gasteiger partial charge in [-0.25, -0.2) is 5.84 Å². The van der Waals surface area contributed by atoms with Crippen LogP contribution in [0.5, 0.6) is 0 Å². The summed E-state index contributed by atoms with van der Waals surface area (Å²) in [7, 11) is 0. The van der Waals surface area contributed by atoms with Gasteiger partial charge in [-0.3, -0.25) is 0 Å². The lowest BCUT2D eigenvalue weighted by Gasteiger charge is -2.17. The van der Waals surface area contributed by atoms with Crippen molar-refractivity contribution in [3.05, 3.63) is 11.9 Å². The van der Waals surface area contributed by atoms with E-state index in [1.807, 2.05) is 20.0 Å². The van der Waals surface area contributed by atoms with Crippen molar-refractivity contribution in [3.63, 3.8) is 0 Å². The number of hydrazine groups is 1. The zero-order chi connectivity index (χ0) is 22.5. The van der Waals surface area contributed by atoms with Crippen LogP contribution in [0.25, 0.3) is 0 Å². The number of unbranched alkanes of at least 4 members (excludes halogenated alkanes) is 1. The van der Waals surface area contributed by atoms with Crippen LogP contribution in [0.3, 0.4) is 0 Å². The number of nitrogens with two attached hydrogens (primary N) is 2. The summed E-state index contributed by atoms with van der Waals surface area (Å²) in [6, 6.07) is 0. The first-order valence-electron chi connectivity index (χ1n) is 11.4. The molecule has 0 aliphatic carbocycles. The van der Waals surface area contributed by atoms with Crippen molar-refractivity contribution in [2.75, 3.05) is 46.2 Å². The van der Waals surface area contributed by atoms with Crippen LogP contribution in [0.4, 0.5) is 0 Å². The zero-order valence-electron chi connectivity index (χ0n) is 20.5. The second kappa shape index (κ2) is 20.5.